The number of ether oxygens (including phenoxy) is 1. The molecule has 0 rings (SSSR count). The molecule has 0 fully saturated rings. The van der Waals surface area contributed by atoms with Gasteiger partial charge in [0.1, 0.15) is 0 Å². The van der Waals surface area contributed by atoms with Gasteiger partial charge in [-0.3, -0.25) is 0 Å². The second-order valence-corrected chi connectivity index (χ2v) is 2.04. The minimum absolute atomic E-state index is 0.250. The monoisotopic (exact) mass is 157 g/mol. The summed E-state index contributed by atoms with van der Waals surface area (Å²) in [7, 11) is 0. The van der Waals surface area contributed by atoms with Gasteiger partial charge in [0.2, 0.25) is 0 Å². The Balaban J connectivity index is 4.03. The molecule has 0 aliphatic rings. The largest absolute Gasteiger partial charge is 0.463 e. The minimum Gasteiger partial charge on any atom is -0.463 e. The van der Waals surface area contributed by atoms with Crippen LogP contribution in [-0.4, -0.2) is 19.1 Å². The molecule has 64 valence electrons. The molecule has 0 aliphatic heterocycles. The number of hydrogen-bond donors (Lipinski definition) is 1. The lowest BCUT2D eigenvalue weighted by molar-refractivity contribution is -0.138. The van der Waals surface area contributed by atoms with Gasteiger partial charge >= 0.3 is 5.97 Å². The average Bonchev–Trinajstić information content (AvgIpc) is 2.00. The van der Waals surface area contributed by atoms with Gasteiger partial charge in [0.05, 0.1) is 6.61 Å². The summed E-state index contributed by atoms with van der Waals surface area (Å²) in [5.74, 6) is -0.250. The quantitative estimate of drug-likeness (QED) is 0.486. The fourth-order valence-electron chi connectivity index (χ4n) is 0.738. The van der Waals surface area contributed by atoms with Gasteiger partial charge in [-0.15, -0.1) is 0 Å². The van der Waals surface area contributed by atoms with Crippen molar-refractivity contribution in [2.24, 2.45) is 5.73 Å². The number of esters is 1. The van der Waals surface area contributed by atoms with Crippen molar-refractivity contribution >= 4 is 5.97 Å². The van der Waals surface area contributed by atoms with Gasteiger partial charge in [0.15, 0.2) is 0 Å². The van der Waals surface area contributed by atoms with E-state index >= 15 is 0 Å². The van der Waals surface area contributed by atoms with Crippen molar-refractivity contribution < 1.29 is 9.53 Å². The van der Waals surface area contributed by atoms with Gasteiger partial charge in [-0.1, -0.05) is 13.0 Å². The summed E-state index contributed by atoms with van der Waals surface area (Å²) in [6, 6.07) is 0. The van der Waals surface area contributed by atoms with E-state index in [0.29, 0.717) is 25.1 Å². The number of nitrogens with two attached hydrogens (primary N) is 1. The molecule has 0 aromatic rings. The van der Waals surface area contributed by atoms with Crippen LogP contribution in [0.1, 0.15) is 20.3 Å². The van der Waals surface area contributed by atoms with Crippen molar-refractivity contribution in [1.29, 1.82) is 0 Å². The Bertz CT molecular complexity index is 152. The summed E-state index contributed by atoms with van der Waals surface area (Å²) in [4.78, 5) is 11.0. The van der Waals surface area contributed by atoms with E-state index in [-0.39, 0.29) is 5.97 Å². The summed E-state index contributed by atoms with van der Waals surface area (Å²) in [6.45, 7) is 4.49. The maximum absolute atomic E-state index is 11.0. The van der Waals surface area contributed by atoms with Crippen molar-refractivity contribution in [3.8, 4) is 0 Å². The predicted molar refractivity (Wildman–Crippen MR) is 44.1 cm³/mol. The third-order valence-electron chi connectivity index (χ3n) is 1.28. The highest BCUT2D eigenvalue weighted by molar-refractivity contribution is 5.88. The molecule has 0 heterocycles. The zero-order valence-corrected chi connectivity index (χ0v) is 7.09. The zero-order valence-electron chi connectivity index (χ0n) is 7.09. The van der Waals surface area contributed by atoms with Gasteiger partial charge in [-0.05, 0) is 13.3 Å². The van der Waals surface area contributed by atoms with E-state index in [1.807, 2.05) is 6.92 Å². The van der Waals surface area contributed by atoms with Crippen molar-refractivity contribution in [2.45, 2.75) is 20.3 Å². The number of rotatable bonds is 4. The molecule has 0 aliphatic carbocycles. The Morgan fingerprint density at radius 1 is 1.55 bits per heavy atom. The maximum Gasteiger partial charge on any atom is 0.333 e. The molecule has 0 spiro atoms. The highest BCUT2D eigenvalue weighted by atomic mass is 16.5. The Labute approximate surface area is 67.2 Å². The van der Waals surface area contributed by atoms with Crippen LogP contribution in [0.4, 0.5) is 0 Å². The van der Waals surface area contributed by atoms with Gasteiger partial charge in [0.25, 0.3) is 0 Å². The molecule has 0 saturated carbocycles. The lowest BCUT2D eigenvalue weighted by Crippen LogP contribution is -2.09. The van der Waals surface area contributed by atoms with Crippen LogP contribution in [0.15, 0.2) is 11.6 Å². The van der Waals surface area contributed by atoms with Crippen molar-refractivity contribution in [3.63, 3.8) is 0 Å². The van der Waals surface area contributed by atoms with E-state index in [0.717, 1.165) is 0 Å². The standard InChI is InChI=1S/C8H15NO2/c1-3-7(5-6-9)8(10)11-4-2/h5H,3-4,6,9H2,1-2H3/b7-5+. The van der Waals surface area contributed by atoms with Gasteiger partial charge in [0, 0.05) is 12.1 Å². The van der Waals surface area contributed by atoms with Crippen LogP contribution in [0.3, 0.4) is 0 Å². The Morgan fingerprint density at radius 3 is 2.55 bits per heavy atom. The summed E-state index contributed by atoms with van der Waals surface area (Å²) in [5.41, 5.74) is 5.92. The Hall–Kier alpha value is -0.830. The molecule has 0 saturated heterocycles. The first-order valence-electron chi connectivity index (χ1n) is 3.82. The smallest absolute Gasteiger partial charge is 0.333 e. The molecule has 3 heteroatoms. The van der Waals surface area contributed by atoms with E-state index in [9.17, 15) is 4.79 Å². The number of carbonyl (C=O) groups excluding carboxylic acids is 1. The van der Waals surface area contributed by atoms with Gasteiger partial charge in [-0.2, -0.15) is 0 Å². The third kappa shape index (κ3) is 3.78. The molecule has 0 amide bonds. The van der Waals surface area contributed by atoms with Crippen LogP contribution in [-0.2, 0) is 9.53 Å². The first-order chi connectivity index (χ1) is 5.26. The third-order valence-corrected chi connectivity index (χ3v) is 1.28. The highest BCUT2D eigenvalue weighted by Gasteiger charge is 2.05. The summed E-state index contributed by atoms with van der Waals surface area (Å²) >= 11 is 0. The lowest BCUT2D eigenvalue weighted by Gasteiger charge is -2.02. The fourth-order valence-corrected chi connectivity index (χ4v) is 0.738. The molecule has 0 radical (unpaired) electrons. The molecular weight excluding hydrogens is 142 g/mol. The van der Waals surface area contributed by atoms with E-state index in [1.54, 1.807) is 13.0 Å². The second-order valence-electron chi connectivity index (χ2n) is 2.04. The summed E-state index contributed by atoms with van der Waals surface area (Å²) in [5, 5.41) is 0. The van der Waals surface area contributed by atoms with Crippen molar-refractivity contribution in [3.05, 3.63) is 11.6 Å². The highest BCUT2D eigenvalue weighted by Crippen LogP contribution is 2.01. The number of hydrogen-bond acceptors (Lipinski definition) is 3. The summed E-state index contributed by atoms with van der Waals surface area (Å²) in [6.07, 6.45) is 2.37. The summed E-state index contributed by atoms with van der Waals surface area (Å²) < 4.78 is 4.78. The molecule has 2 N–H and O–H groups in total. The van der Waals surface area contributed by atoms with Crippen LogP contribution in [0.5, 0.6) is 0 Å². The zero-order chi connectivity index (χ0) is 8.69. The topological polar surface area (TPSA) is 52.3 Å². The molecule has 3 nitrogen and oxygen atoms in total. The Morgan fingerprint density at radius 2 is 2.18 bits per heavy atom. The SMILES string of the molecule is CCOC(=O)/C(=C/CN)CC. The normalized spacial score (nSPS) is 11.4. The average molecular weight is 157 g/mol. The Kier molecular flexibility index (Phi) is 5.47. The lowest BCUT2D eigenvalue weighted by atomic mass is 10.2. The van der Waals surface area contributed by atoms with Gasteiger partial charge < -0.3 is 10.5 Å². The van der Waals surface area contributed by atoms with Crippen LogP contribution in [0, 0.1) is 0 Å². The first kappa shape index (κ1) is 10.2. The molecule has 0 aromatic heterocycles. The van der Waals surface area contributed by atoms with Crippen LogP contribution in [0.2, 0.25) is 0 Å². The molecule has 0 unspecified atom stereocenters. The molecule has 0 atom stereocenters. The van der Waals surface area contributed by atoms with E-state index in [1.165, 1.54) is 0 Å². The van der Waals surface area contributed by atoms with Crippen LogP contribution >= 0.6 is 0 Å². The molecule has 0 bridgehead atoms. The molecule has 11 heavy (non-hydrogen) atoms. The predicted octanol–water partition coefficient (Wildman–Crippen LogP) is 0.845. The van der Waals surface area contributed by atoms with Crippen LogP contribution < -0.4 is 5.73 Å². The minimum atomic E-state index is -0.250. The van der Waals surface area contributed by atoms with Crippen LogP contribution in [0.25, 0.3) is 0 Å². The van der Waals surface area contributed by atoms with E-state index < -0.39 is 0 Å². The molecule has 0 aromatic carbocycles. The molecular formula is C8H15NO2. The number of carbonyl (C=O) groups is 1. The second kappa shape index (κ2) is 5.92. The fraction of sp³-hybridized carbons (Fsp3) is 0.625. The maximum atomic E-state index is 11.0. The first-order valence-corrected chi connectivity index (χ1v) is 3.82. The van der Waals surface area contributed by atoms with Gasteiger partial charge in [-0.25, -0.2) is 4.79 Å². The van der Waals surface area contributed by atoms with E-state index in [4.69, 9.17) is 10.5 Å². The van der Waals surface area contributed by atoms with E-state index in [2.05, 4.69) is 0 Å². The van der Waals surface area contributed by atoms with Crippen molar-refractivity contribution in [2.75, 3.05) is 13.2 Å². The van der Waals surface area contributed by atoms with Crippen molar-refractivity contribution in [1.82, 2.24) is 0 Å².